The number of likely N-dealkylation sites (N-methyl/N-ethyl adjacent to an activating group) is 1. The summed E-state index contributed by atoms with van der Waals surface area (Å²) < 4.78 is 11.0. The Morgan fingerprint density at radius 2 is 2.00 bits per heavy atom. The molecule has 1 heterocycles. The van der Waals surface area contributed by atoms with Crippen molar-refractivity contribution in [1.29, 1.82) is 0 Å². The zero-order valence-electron chi connectivity index (χ0n) is 11.6. The summed E-state index contributed by atoms with van der Waals surface area (Å²) in [5.41, 5.74) is 0.327. The van der Waals surface area contributed by atoms with Crippen molar-refractivity contribution in [3.05, 3.63) is 22.7 Å². The quantitative estimate of drug-likeness (QED) is 0.922. The first-order chi connectivity index (χ1) is 8.85. The predicted molar refractivity (Wildman–Crippen MR) is 75.1 cm³/mol. The second-order valence-electron chi connectivity index (χ2n) is 5.59. The van der Waals surface area contributed by atoms with E-state index in [2.05, 4.69) is 0 Å². The smallest absolute Gasteiger partial charge is 0.179 e. The highest BCUT2D eigenvalue weighted by atomic mass is 35.5. The number of nitrogens with zero attached hydrogens (tertiary/aromatic N) is 1. The van der Waals surface area contributed by atoms with Gasteiger partial charge in [0.15, 0.2) is 11.5 Å². The molecule has 0 aromatic heterocycles. The van der Waals surface area contributed by atoms with Crippen molar-refractivity contribution in [2.75, 3.05) is 26.8 Å². The van der Waals surface area contributed by atoms with Crippen LogP contribution < -0.4 is 9.47 Å². The molecular formula is C14H20ClNO3. The van der Waals surface area contributed by atoms with Crippen LogP contribution in [0.3, 0.4) is 0 Å². The van der Waals surface area contributed by atoms with E-state index >= 15 is 0 Å². The van der Waals surface area contributed by atoms with Gasteiger partial charge in [0, 0.05) is 13.1 Å². The molecule has 0 fully saturated rings. The van der Waals surface area contributed by atoms with Gasteiger partial charge in [0.1, 0.15) is 13.2 Å². The van der Waals surface area contributed by atoms with Gasteiger partial charge in [-0.2, -0.15) is 0 Å². The minimum absolute atomic E-state index is 0.532. The fourth-order valence-electron chi connectivity index (χ4n) is 2.28. The molecule has 19 heavy (non-hydrogen) atoms. The number of ether oxygens (including phenoxy) is 2. The Balaban J connectivity index is 2.11. The third kappa shape index (κ3) is 4.00. The van der Waals surface area contributed by atoms with E-state index in [1.54, 1.807) is 13.8 Å². The average molecular weight is 286 g/mol. The van der Waals surface area contributed by atoms with Crippen LogP contribution in [0.5, 0.6) is 11.5 Å². The molecule has 4 nitrogen and oxygen atoms in total. The molecule has 0 spiro atoms. The van der Waals surface area contributed by atoms with Gasteiger partial charge in [-0.15, -0.1) is 0 Å². The molecule has 106 valence electrons. The van der Waals surface area contributed by atoms with E-state index in [0.717, 1.165) is 5.56 Å². The number of hydrogen-bond acceptors (Lipinski definition) is 4. The summed E-state index contributed by atoms with van der Waals surface area (Å²) in [7, 11) is 1.96. The van der Waals surface area contributed by atoms with Crippen molar-refractivity contribution in [3.63, 3.8) is 0 Å². The molecule has 0 radical (unpaired) electrons. The lowest BCUT2D eigenvalue weighted by molar-refractivity contribution is 0.0424. The Bertz CT molecular complexity index is 457. The fraction of sp³-hybridized carbons (Fsp3) is 0.571. The van der Waals surface area contributed by atoms with Crippen molar-refractivity contribution in [1.82, 2.24) is 4.90 Å². The maximum absolute atomic E-state index is 9.80. The lowest BCUT2D eigenvalue weighted by Gasteiger charge is -2.26. The highest BCUT2D eigenvalue weighted by Crippen LogP contribution is 2.38. The largest absolute Gasteiger partial charge is 0.486 e. The molecular weight excluding hydrogens is 266 g/mol. The standard InChI is InChI=1S/C14H20ClNO3/c1-14(2,17)9-16(3)8-10-6-11(15)13-12(7-10)18-4-5-19-13/h6-7,17H,4-5,8-9H2,1-3H3. The number of hydrogen-bond donors (Lipinski definition) is 1. The third-order valence-electron chi connectivity index (χ3n) is 2.77. The minimum atomic E-state index is -0.716. The van der Waals surface area contributed by atoms with E-state index in [0.29, 0.717) is 42.8 Å². The third-order valence-corrected chi connectivity index (χ3v) is 3.05. The van der Waals surface area contributed by atoms with Crippen LogP contribution in [0, 0.1) is 0 Å². The molecule has 0 saturated carbocycles. The second kappa shape index (κ2) is 5.57. The van der Waals surface area contributed by atoms with Crippen LogP contribution in [-0.2, 0) is 6.54 Å². The first-order valence-electron chi connectivity index (χ1n) is 6.34. The molecule has 2 rings (SSSR count). The van der Waals surface area contributed by atoms with Crippen LogP contribution in [0.15, 0.2) is 12.1 Å². The van der Waals surface area contributed by atoms with Gasteiger partial charge < -0.3 is 14.6 Å². The van der Waals surface area contributed by atoms with E-state index in [1.165, 1.54) is 0 Å². The van der Waals surface area contributed by atoms with E-state index in [4.69, 9.17) is 21.1 Å². The summed E-state index contributed by atoms with van der Waals surface area (Å²) >= 11 is 6.19. The Kier molecular flexibility index (Phi) is 4.23. The molecule has 1 aliphatic rings. The topological polar surface area (TPSA) is 41.9 Å². The summed E-state index contributed by atoms with van der Waals surface area (Å²) in [6.45, 7) is 5.94. The van der Waals surface area contributed by atoms with Gasteiger partial charge in [-0.1, -0.05) is 11.6 Å². The number of benzene rings is 1. The van der Waals surface area contributed by atoms with E-state index in [-0.39, 0.29) is 0 Å². The maximum Gasteiger partial charge on any atom is 0.179 e. The van der Waals surface area contributed by atoms with Crippen LogP contribution in [0.2, 0.25) is 5.02 Å². The fourth-order valence-corrected chi connectivity index (χ4v) is 2.57. The van der Waals surface area contributed by atoms with Crippen LogP contribution in [0.4, 0.5) is 0 Å². The number of fused-ring (bicyclic) bond motifs is 1. The summed E-state index contributed by atoms with van der Waals surface area (Å²) in [5, 5.41) is 10.4. The Morgan fingerprint density at radius 1 is 1.32 bits per heavy atom. The van der Waals surface area contributed by atoms with Crippen molar-refractivity contribution in [2.45, 2.75) is 26.0 Å². The maximum atomic E-state index is 9.80. The van der Waals surface area contributed by atoms with E-state index in [1.807, 2.05) is 24.1 Å². The van der Waals surface area contributed by atoms with Crippen molar-refractivity contribution >= 4 is 11.6 Å². The summed E-state index contributed by atoms with van der Waals surface area (Å²) in [4.78, 5) is 2.04. The lowest BCUT2D eigenvalue weighted by Crippen LogP contribution is -2.35. The minimum Gasteiger partial charge on any atom is -0.486 e. The van der Waals surface area contributed by atoms with Crippen LogP contribution in [0.25, 0.3) is 0 Å². The first-order valence-corrected chi connectivity index (χ1v) is 6.72. The van der Waals surface area contributed by atoms with Gasteiger partial charge in [-0.3, -0.25) is 4.90 Å². The first kappa shape index (κ1) is 14.4. The van der Waals surface area contributed by atoms with Crippen LogP contribution in [0.1, 0.15) is 19.4 Å². The van der Waals surface area contributed by atoms with Gasteiger partial charge in [0.2, 0.25) is 0 Å². The van der Waals surface area contributed by atoms with E-state index < -0.39 is 5.60 Å². The zero-order valence-corrected chi connectivity index (χ0v) is 12.3. The summed E-state index contributed by atoms with van der Waals surface area (Å²) in [6, 6.07) is 3.83. The average Bonchev–Trinajstić information content (AvgIpc) is 2.26. The molecule has 0 saturated heterocycles. The molecule has 0 aliphatic carbocycles. The molecule has 1 aromatic carbocycles. The van der Waals surface area contributed by atoms with Gasteiger partial charge in [-0.25, -0.2) is 0 Å². The number of aliphatic hydroxyl groups is 1. The molecule has 0 amide bonds. The zero-order chi connectivity index (χ0) is 14.0. The van der Waals surface area contributed by atoms with Gasteiger partial charge >= 0.3 is 0 Å². The van der Waals surface area contributed by atoms with Crippen LogP contribution >= 0.6 is 11.6 Å². The normalized spacial score (nSPS) is 14.8. The van der Waals surface area contributed by atoms with Crippen molar-refractivity contribution in [2.24, 2.45) is 0 Å². The highest BCUT2D eigenvalue weighted by molar-refractivity contribution is 6.32. The molecule has 0 bridgehead atoms. The van der Waals surface area contributed by atoms with Crippen molar-refractivity contribution < 1.29 is 14.6 Å². The molecule has 0 atom stereocenters. The van der Waals surface area contributed by atoms with Gasteiger partial charge in [0.05, 0.1) is 10.6 Å². The van der Waals surface area contributed by atoms with E-state index in [9.17, 15) is 5.11 Å². The predicted octanol–water partition coefficient (Wildman–Crippen LogP) is 2.31. The van der Waals surface area contributed by atoms with Crippen LogP contribution in [-0.4, -0.2) is 42.4 Å². The highest BCUT2D eigenvalue weighted by Gasteiger charge is 2.19. The Hall–Kier alpha value is -0.970. The number of halogens is 1. The monoisotopic (exact) mass is 285 g/mol. The molecule has 0 unspecified atom stereocenters. The Labute approximate surface area is 118 Å². The molecule has 1 aliphatic heterocycles. The second-order valence-corrected chi connectivity index (χ2v) is 5.99. The van der Waals surface area contributed by atoms with Gasteiger partial charge in [0.25, 0.3) is 0 Å². The summed E-state index contributed by atoms with van der Waals surface area (Å²) in [5.74, 6) is 1.33. The SMILES string of the molecule is CN(Cc1cc(Cl)c2c(c1)OCCO2)CC(C)(C)O. The molecule has 5 heteroatoms. The molecule has 1 aromatic rings. The molecule has 1 N–H and O–H groups in total. The number of rotatable bonds is 4. The Morgan fingerprint density at radius 3 is 2.68 bits per heavy atom. The summed E-state index contributed by atoms with van der Waals surface area (Å²) in [6.07, 6.45) is 0. The van der Waals surface area contributed by atoms with Gasteiger partial charge in [-0.05, 0) is 38.6 Å². The van der Waals surface area contributed by atoms with Crippen molar-refractivity contribution in [3.8, 4) is 11.5 Å². The lowest BCUT2D eigenvalue weighted by atomic mass is 10.1.